The number of aromatic nitrogens is 3. The number of nitrogens with zero attached hydrogens (tertiary/aromatic N) is 3. The monoisotopic (exact) mass is 321 g/mol. The van der Waals surface area contributed by atoms with Crippen molar-refractivity contribution in [1.29, 1.82) is 0 Å². The SMILES string of the molecule is CC(=O)Oc1ccc(-c2nc(-c3ccccc3)nn2C(C)=O)cc1. The molecule has 0 radical (unpaired) electrons. The fraction of sp³-hybridized carbons (Fsp3) is 0.111. The van der Waals surface area contributed by atoms with Gasteiger partial charge in [-0.15, -0.1) is 5.10 Å². The number of esters is 1. The summed E-state index contributed by atoms with van der Waals surface area (Å²) in [5, 5.41) is 4.30. The van der Waals surface area contributed by atoms with Crippen LogP contribution >= 0.6 is 0 Å². The lowest BCUT2D eigenvalue weighted by Crippen LogP contribution is -2.09. The molecule has 120 valence electrons. The quantitative estimate of drug-likeness (QED) is 0.547. The van der Waals surface area contributed by atoms with Crippen LogP contribution < -0.4 is 4.74 Å². The van der Waals surface area contributed by atoms with Crippen LogP contribution in [-0.2, 0) is 4.79 Å². The third kappa shape index (κ3) is 3.22. The molecule has 0 bridgehead atoms. The lowest BCUT2D eigenvalue weighted by atomic mass is 10.2. The van der Waals surface area contributed by atoms with Crippen molar-refractivity contribution in [1.82, 2.24) is 14.8 Å². The van der Waals surface area contributed by atoms with E-state index in [1.165, 1.54) is 18.5 Å². The van der Waals surface area contributed by atoms with Crippen LogP contribution in [0.2, 0.25) is 0 Å². The average Bonchev–Trinajstić information content (AvgIpc) is 3.01. The van der Waals surface area contributed by atoms with Crippen LogP contribution in [0.5, 0.6) is 5.75 Å². The molecule has 0 N–H and O–H groups in total. The normalized spacial score (nSPS) is 10.4. The minimum atomic E-state index is -0.388. The molecule has 0 spiro atoms. The van der Waals surface area contributed by atoms with Crippen molar-refractivity contribution in [3.05, 3.63) is 54.6 Å². The molecule has 0 saturated carbocycles. The van der Waals surface area contributed by atoms with Gasteiger partial charge in [0.15, 0.2) is 11.6 Å². The Hall–Kier alpha value is -3.28. The minimum Gasteiger partial charge on any atom is -0.427 e. The van der Waals surface area contributed by atoms with Crippen molar-refractivity contribution in [2.45, 2.75) is 13.8 Å². The van der Waals surface area contributed by atoms with E-state index in [1.54, 1.807) is 24.3 Å². The molecule has 2 aromatic carbocycles. The summed E-state index contributed by atoms with van der Waals surface area (Å²) in [6.07, 6.45) is 0. The predicted molar refractivity (Wildman–Crippen MR) is 88.5 cm³/mol. The van der Waals surface area contributed by atoms with E-state index in [-0.39, 0.29) is 11.9 Å². The van der Waals surface area contributed by atoms with Crippen LogP contribution in [0.25, 0.3) is 22.8 Å². The maximum Gasteiger partial charge on any atom is 0.308 e. The topological polar surface area (TPSA) is 74.1 Å². The number of hydrogen-bond donors (Lipinski definition) is 0. The van der Waals surface area contributed by atoms with Gasteiger partial charge in [-0.05, 0) is 24.3 Å². The summed E-state index contributed by atoms with van der Waals surface area (Å²) in [5.41, 5.74) is 1.53. The van der Waals surface area contributed by atoms with Crippen molar-refractivity contribution in [3.8, 4) is 28.5 Å². The van der Waals surface area contributed by atoms with E-state index in [0.29, 0.717) is 23.0 Å². The van der Waals surface area contributed by atoms with E-state index in [2.05, 4.69) is 10.1 Å². The van der Waals surface area contributed by atoms with E-state index in [4.69, 9.17) is 4.74 Å². The standard InChI is InChI=1S/C18H15N3O3/c1-12(22)21-18(15-8-10-16(11-9-15)24-13(2)23)19-17(20-21)14-6-4-3-5-7-14/h3-11H,1-2H3. The molecule has 0 atom stereocenters. The average molecular weight is 321 g/mol. The molecule has 0 amide bonds. The largest absolute Gasteiger partial charge is 0.427 e. The molecule has 3 aromatic rings. The van der Waals surface area contributed by atoms with E-state index >= 15 is 0 Å². The van der Waals surface area contributed by atoms with E-state index in [0.717, 1.165) is 5.56 Å². The van der Waals surface area contributed by atoms with Crippen molar-refractivity contribution < 1.29 is 14.3 Å². The molecule has 0 unspecified atom stereocenters. The summed E-state index contributed by atoms with van der Waals surface area (Å²) >= 11 is 0. The van der Waals surface area contributed by atoms with Crippen LogP contribution in [0.1, 0.15) is 18.6 Å². The van der Waals surface area contributed by atoms with Gasteiger partial charge in [0, 0.05) is 25.0 Å². The molecular formula is C18H15N3O3. The number of benzene rings is 2. The van der Waals surface area contributed by atoms with E-state index in [1.807, 2.05) is 30.3 Å². The predicted octanol–water partition coefficient (Wildman–Crippen LogP) is 3.20. The molecule has 1 aromatic heterocycles. The third-order valence-corrected chi connectivity index (χ3v) is 3.31. The fourth-order valence-electron chi connectivity index (χ4n) is 2.27. The van der Waals surface area contributed by atoms with Gasteiger partial charge < -0.3 is 4.74 Å². The zero-order valence-corrected chi connectivity index (χ0v) is 13.3. The van der Waals surface area contributed by atoms with Gasteiger partial charge in [-0.2, -0.15) is 4.68 Å². The number of carbonyl (C=O) groups is 2. The highest BCUT2D eigenvalue weighted by Gasteiger charge is 2.16. The maximum atomic E-state index is 11.9. The van der Waals surface area contributed by atoms with Crippen LogP contribution in [0.15, 0.2) is 54.6 Å². The van der Waals surface area contributed by atoms with Gasteiger partial charge in [0.25, 0.3) is 0 Å². The molecular weight excluding hydrogens is 306 g/mol. The van der Waals surface area contributed by atoms with Crippen molar-refractivity contribution in [2.24, 2.45) is 0 Å². The highest BCUT2D eigenvalue weighted by atomic mass is 16.5. The Labute approximate surface area is 138 Å². The first-order valence-electron chi connectivity index (χ1n) is 7.37. The fourth-order valence-corrected chi connectivity index (χ4v) is 2.27. The van der Waals surface area contributed by atoms with Gasteiger partial charge in [0.1, 0.15) is 5.75 Å². The number of hydrogen-bond acceptors (Lipinski definition) is 5. The first kappa shape index (κ1) is 15.6. The first-order chi connectivity index (χ1) is 11.5. The molecule has 0 saturated heterocycles. The smallest absolute Gasteiger partial charge is 0.308 e. The van der Waals surface area contributed by atoms with Crippen LogP contribution in [0.3, 0.4) is 0 Å². The summed E-state index contributed by atoms with van der Waals surface area (Å²) in [4.78, 5) is 27.4. The molecule has 0 aliphatic heterocycles. The maximum absolute atomic E-state index is 11.9. The molecule has 6 heteroatoms. The Morgan fingerprint density at radius 2 is 1.58 bits per heavy atom. The van der Waals surface area contributed by atoms with Crippen LogP contribution in [0, 0.1) is 0 Å². The van der Waals surface area contributed by atoms with E-state index in [9.17, 15) is 9.59 Å². The Morgan fingerprint density at radius 1 is 0.917 bits per heavy atom. The number of ether oxygens (including phenoxy) is 1. The number of carbonyl (C=O) groups excluding carboxylic acids is 2. The van der Waals surface area contributed by atoms with Gasteiger partial charge in [-0.1, -0.05) is 30.3 Å². The summed E-state index contributed by atoms with van der Waals surface area (Å²) in [6.45, 7) is 2.77. The first-order valence-corrected chi connectivity index (χ1v) is 7.37. The van der Waals surface area contributed by atoms with Crippen molar-refractivity contribution in [2.75, 3.05) is 0 Å². The second-order valence-corrected chi connectivity index (χ2v) is 5.17. The third-order valence-electron chi connectivity index (χ3n) is 3.31. The van der Waals surface area contributed by atoms with Gasteiger partial charge in [0.05, 0.1) is 0 Å². The Balaban J connectivity index is 2.02. The van der Waals surface area contributed by atoms with Gasteiger partial charge >= 0.3 is 5.97 Å². The Morgan fingerprint density at radius 3 is 2.17 bits per heavy atom. The zero-order valence-electron chi connectivity index (χ0n) is 13.3. The van der Waals surface area contributed by atoms with Gasteiger partial charge in [0.2, 0.25) is 5.91 Å². The second-order valence-electron chi connectivity index (χ2n) is 5.17. The van der Waals surface area contributed by atoms with Crippen LogP contribution in [0.4, 0.5) is 0 Å². The molecule has 0 fully saturated rings. The molecule has 6 nitrogen and oxygen atoms in total. The summed E-state index contributed by atoms with van der Waals surface area (Å²) in [7, 11) is 0. The Bertz CT molecular complexity index is 884. The number of rotatable bonds is 3. The van der Waals surface area contributed by atoms with Crippen LogP contribution in [-0.4, -0.2) is 26.6 Å². The molecule has 3 rings (SSSR count). The van der Waals surface area contributed by atoms with E-state index < -0.39 is 0 Å². The second kappa shape index (κ2) is 6.45. The van der Waals surface area contributed by atoms with Gasteiger partial charge in [-0.3, -0.25) is 9.59 Å². The van der Waals surface area contributed by atoms with Crippen molar-refractivity contribution in [3.63, 3.8) is 0 Å². The summed E-state index contributed by atoms with van der Waals surface area (Å²) in [6, 6.07) is 16.2. The molecule has 0 aliphatic carbocycles. The summed E-state index contributed by atoms with van der Waals surface area (Å²) < 4.78 is 6.28. The molecule has 24 heavy (non-hydrogen) atoms. The lowest BCUT2D eigenvalue weighted by Gasteiger charge is -2.04. The Kier molecular flexibility index (Phi) is 4.20. The zero-order chi connectivity index (χ0) is 17.1. The highest BCUT2D eigenvalue weighted by molar-refractivity contribution is 5.81. The molecule has 0 aliphatic rings. The summed E-state index contributed by atoms with van der Waals surface area (Å²) in [5.74, 6) is 0.730. The highest BCUT2D eigenvalue weighted by Crippen LogP contribution is 2.24. The lowest BCUT2D eigenvalue weighted by molar-refractivity contribution is -0.131. The van der Waals surface area contributed by atoms with Crippen molar-refractivity contribution >= 4 is 11.9 Å². The molecule has 1 heterocycles. The van der Waals surface area contributed by atoms with Gasteiger partial charge in [-0.25, -0.2) is 4.98 Å². The minimum absolute atomic E-state index is 0.233.